The highest BCUT2D eigenvalue weighted by Crippen LogP contribution is 2.33. The molecule has 0 bridgehead atoms. The molecule has 1 unspecified atom stereocenters. The fourth-order valence-corrected chi connectivity index (χ4v) is 1.80. The maximum absolute atomic E-state index is 9.67. The van der Waals surface area contributed by atoms with Gasteiger partial charge in [0, 0.05) is 18.7 Å². The van der Waals surface area contributed by atoms with Gasteiger partial charge in [-0.1, -0.05) is 12.1 Å². The van der Waals surface area contributed by atoms with Crippen LogP contribution in [-0.2, 0) is 6.54 Å². The van der Waals surface area contributed by atoms with Crippen LogP contribution < -0.4 is 14.8 Å². The van der Waals surface area contributed by atoms with E-state index in [4.69, 9.17) is 14.6 Å². The van der Waals surface area contributed by atoms with Crippen LogP contribution in [0.2, 0.25) is 0 Å². The lowest BCUT2D eigenvalue weighted by Gasteiger charge is -2.23. The highest BCUT2D eigenvalue weighted by molar-refractivity contribution is 5.47. The molecule has 0 spiro atoms. The summed E-state index contributed by atoms with van der Waals surface area (Å²) in [7, 11) is 0. The molecule has 0 saturated heterocycles. The van der Waals surface area contributed by atoms with Crippen molar-refractivity contribution in [3.05, 3.63) is 23.8 Å². The molecule has 5 nitrogen and oxygen atoms in total. The Morgan fingerprint density at radius 3 is 2.89 bits per heavy atom. The Bertz CT molecular complexity index is 406. The second kappa shape index (κ2) is 5.56. The standard InChI is InChI=1S/C13H19NO4/c1-13(16,9-15)8-14-7-10-3-2-4-11-12(10)18-6-5-17-11/h2-4,14-16H,5-9H2,1H3. The summed E-state index contributed by atoms with van der Waals surface area (Å²) < 4.78 is 11.1. The van der Waals surface area contributed by atoms with Crippen LogP contribution in [0.3, 0.4) is 0 Å². The molecule has 1 heterocycles. The van der Waals surface area contributed by atoms with Gasteiger partial charge in [0.25, 0.3) is 0 Å². The molecule has 0 aromatic heterocycles. The highest BCUT2D eigenvalue weighted by atomic mass is 16.6. The molecule has 1 aromatic rings. The first-order valence-corrected chi connectivity index (χ1v) is 6.04. The zero-order chi connectivity index (χ0) is 13.0. The number of para-hydroxylation sites is 1. The SMILES string of the molecule is CC(O)(CO)CNCc1cccc2c1OCCO2. The lowest BCUT2D eigenvalue weighted by Crippen LogP contribution is -2.40. The van der Waals surface area contributed by atoms with Crippen molar-refractivity contribution in [3.8, 4) is 11.5 Å². The van der Waals surface area contributed by atoms with Gasteiger partial charge in [0.15, 0.2) is 11.5 Å². The topological polar surface area (TPSA) is 71.0 Å². The van der Waals surface area contributed by atoms with Crippen molar-refractivity contribution >= 4 is 0 Å². The molecule has 3 N–H and O–H groups in total. The molecule has 0 saturated carbocycles. The first-order valence-electron chi connectivity index (χ1n) is 6.04. The quantitative estimate of drug-likeness (QED) is 0.703. The summed E-state index contributed by atoms with van der Waals surface area (Å²) in [5.74, 6) is 1.52. The summed E-state index contributed by atoms with van der Waals surface area (Å²) in [6.45, 7) is 3.31. The molecule has 0 fully saturated rings. The summed E-state index contributed by atoms with van der Waals surface area (Å²) in [6.07, 6.45) is 0. The summed E-state index contributed by atoms with van der Waals surface area (Å²) in [4.78, 5) is 0. The number of hydrogen-bond acceptors (Lipinski definition) is 5. The second-order valence-corrected chi connectivity index (χ2v) is 4.70. The Morgan fingerprint density at radius 1 is 1.33 bits per heavy atom. The van der Waals surface area contributed by atoms with Crippen LogP contribution in [-0.4, -0.2) is 42.2 Å². The molecule has 2 rings (SSSR count). The molecule has 1 aliphatic rings. The zero-order valence-corrected chi connectivity index (χ0v) is 10.5. The lowest BCUT2D eigenvalue weighted by molar-refractivity contribution is 0.00248. The summed E-state index contributed by atoms with van der Waals surface area (Å²) in [5, 5.41) is 21.7. The van der Waals surface area contributed by atoms with Gasteiger partial charge in [-0.2, -0.15) is 0 Å². The number of aliphatic hydroxyl groups is 2. The van der Waals surface area contributed by atoms with Crippen LogP contribution in [0.15, 0.2) is 18.2 Å². The number of nitrogens with one attached hydrogen (secondary N) is 1. The predicted octanol–water partition coefficient (Wildman–Crippen LogP) is 0.291. The maximum atomic E-state index is 9.67. The van der Waals surface area contributed by atoms with Crippen LogP contribution in [0.5, 0.6) is 11.5 Å². The minimum absolute atomic E-state index is 0.271. The smallest absolute Gasteiger partial charge is 0.165 e. The molecule has 0 amide bonds. The van der Waals surface area contributed by atoms with E-state index in [0.29, 0.717) is 26.3 Å². The number of benzene rings is 1. The van der Waals surface area contributed by atoms with E-state index < -0.39 is 5.60 Å². The first kappa shape index (κ1) is 13.1. The molecule has 0 aliphatic carbocycles. The average molecular weight is 253 g/mol. The van der Waals surface area contributed by atoms with Gasteiger partial charge in [-0.3, -0.25) is 0 Å². The van der Waals surface area contributed by atoms with E-state index in [-0.39, 0.29) is 6.61 Å². The highest BCUT2D eigenvalue weighted by Gasteiger charge is 2.19. The minimum atomic E-state index is -1.10. The van der Waals surface area contributed by atoms with Crippen molar-refractivity contribution < 1.29 is 19.7 Å². The van der Waals surface area contributed by atoms with Crippen LogP contribution in [0.4, 0.5) is 0 Å². The summed E-state index contributed by atoms with van der Waals surface area (Å²) >= 11 is 0. The van der Waals surface area contributed by atoms with E-state index in [9.17, 15) is 5.11 Å². The van der Waals surface area contributed by atoms with Gasteiger partial charge in [-0.05, 0) is 13.0 Å². The zero-order valence-electron chi connectivity index (χ0n) is 10.5. The van der Waals surface area contributed by atoms with E-state index in [1.807, 2.05) is 18.2 Å². The fraction of sp³-hybridized carbons (Fsp3) is 0.538. The number of ether oxygens (including phenoxy) is 2. The van der Waals surface area contributed by atoms with Gasteiger partial charge in [-0.25, -0.2) is 0 Å². The Morgan fingerprint density at radius 2 is 2.11 bits per heavy atom. The summed E-state index contributed by atoms with van der Waals surface area (Å²) in [6, 6.07) is 5.74. The molecule has 100 valence electrons. The van der Waals surface area contributed by atoms with Crippen molar-refractivity contribution in [2.45, 2.75) is 19.1 Å². The Labute approximate surface area is 106 Å². The third kappa shape index (κ3) is 3.13. The summed E-state index contributed by atoms with van der Waals surface area (Å²) in [5.41, 5.74) is -0.118. The molecule has 5 heteroatoms. The van der Waals surface area contributed by atoms with Gasteiger partial charge >= 0.3 is 0 Å². The fourth-order valence-electron chi connectivity index (χ4n) is 1.80. The normalized spacial score (nSPS) is 17.3. The number of aliphatic hydroxyl groups excluding tert-OH is 1. The van der Waals surface area contributed by atoms with Crippen molar-refractivity contribution in [2.75, 3.05) is 26.4 Å². The van der Waals surface area contributed by atoms with Gasteiger partial charge in [0.1, 0.15) is 13.2 Å². The molecule has 1 aliphatic heterocycles. The van der Waals surface area contributed by atoms with Gasteiger partial charge in [0.05, 0.1) is 12.2 Å². The van der Waals surface area contributed by atoms with Gasteiger partial charge in [0.2, 0.25) is 0 Å². The van der Waals surface area contributed by atoms with E-state index in [2.05, 4.69) is 5.32 Å². The first-order chi connectivity index (χ1) is 8.62. The van der Waals surface area contributed by atoms with Crippen LogP contribution in [0, 0.1) is 0 Å². The largest absolute Gasteiger partial charge is 0.486 e. The Kier molecular flexibility index (Phi) is 4.06. The van der Waals surface area contributed by atoms with Crippen LogP contribution >= 0.6 is 0 Å². The van der Waals surface area contributed by atoms with E-state index in [1.54, 1.807) is 6.92 Å². The van der Waals surface area contributed by atoms with Gasteiger partial charge in [-0.15, -0.1) is 0 Å². The molecule has 18 heavy (non-hydrogen) atoms. The van der Waals surface area contributed by atoms with Crippen molar-refractivity contribution in [1.29, 1.82) is 0 Å². The van der Waals surface area contributed by atoms with Crippen molar-refractivity contribution in [3.63, 3.8) is 0 Å². The molecule has 1 atom stereocenters. The number of hydrogen-bond donors (Lipinski definition) is 3. The lowest BCUT2D eigenvalue weighted by atomic mass is 10.1. The Balaban J connectivity index is 1.97. The van der Waals surface area contributed by atoms with Crippen molar-refractivity contribution in [1.82, 2.24) is 5.32 Å². The molecular weight excluding hydrogens is 234 g/mol. The monoisotopic (exact) mass is 253 g/mol. The number of fused-ring (bicyclic) bond motifs is 1. The molecule has 1 aromatic carbocycles. The van der Waals surface area contributed by atoms with E-state index in [0.717, 1.165) is 17.1 Å². The number of rotatable bonds is 5. The predicted molar refractivity (Wildman–Crippen MR) is 66.8 cm³/mol. The third-order valence-corrected chi connectivity index (χ3v) is 2.81. The van der Waals surface area contributed by atoms with Gasteiger partial charge < -0.3 is 25.0 Å². The average Bonchev–Trinajstić information content (AvgIpc) is 2.39. The van der Waals surface area contributed by atoms with Crippen LogP contribution in [0.25, 0.3) is 0 Å². The minimum Gasteiger partial charge on any atom is -0.486 e. The van der Waals surface area contributed by atoms with E-state index >= 15 is 0 Å². The maximum Gasteiger partial charge on any atom is 0.165 e. The molecular formula is C13H19NO4. The molecule has 0 radical (unpaired) electrons. The van der Waals surface area contributed by atoms with E-state index in [1.165, 1.54) is 0 Å². The Hall–Kier alpha value is -1.30. The van der Waals surface area contributed by atoms with Crippen molar-refractivity contribution in [2.24, 2.45) is 0 Å². The second-order valence-electron chi connectivity index (χ2n) is 4.70. The third-order valence-electron chi connectivity index (χ3n) is 2.81. The van der Waals surface area contributed by atoms with Crippen LogP contribution in [0.1, 0.15) is 12.5 Å².